The van der Waals surface area contributed by atoms with E-state index in [1.807, 2.05) is 63.2 Å². The molecular weight excluding hydrogens is 404 g/mol. The maximum atomic E-state index is 13.1. The van der Waals surface area contributed by atoms with Gasteiger partial charge in [-0.2, -0.15) is 0 Å². The van der Waals surface area contributed by atoms with Gasteiger partial charge in [0, 0.05) is 17.6 Å². The molecule has 1 unspecified atom stereocenters. The van der Waals surface area contributed by atoms with E-state index in [1.54, 1.807) is 11.8 Å². The first kappa shape index (κ1) is 21.2. The van der Waals surface area contributed by atoms with Gasteiger partial charge < -0.3 is 10.2 Å². The zero-order valence-electron chi connectivity index (χ0n) is 16.4. The third-order valence-electron chi connectivity index (χ3n) is 4.63. The maximum Gasteiger partial charge on any atom is 0.242 e. The summed E-state index contributed by atoms with van der Waals surface area (Å²) in [5.74, 6) is -0.186. The zero-order valence-corrected chi connectivity index (χ0v) is 18.0. The number of likely N-dealkylation sites (N-methyl/N-ethyl adjacent to an activating group) is 1. The third-order valence-corrected chi connectivity index (χ3v) is 5.16. The lowest BCUT2D eigenvalue weighted by molar-refractivity contribution is -0.140. The molecule has 0 radical (unpaired) electrons. The number of aryl methyl sites for hydroxylation is 2. The summed E-state index contributed by atoms with van der Waals surface area (Å²) in [6, 6.07) is 13.4. The van der Waals surface area contributed by atoms with Gasteiger partial charge in [0.1, 0.15) is 6.04 Å². The molecule has 2 aromatic carbocycles. The summed E-state index contributed by atoms with van der Waals surface area (Å²) in [7, 11) is 0. The Labute approximate surface area is 170 Å². The molecule has 0 aliphatic heterocycles. The van der Waals surface area contributed by atoms with Gasteiger partial charge in [-0.25, -0.2) is 0 Å². The van der Waals surface area contributed by atoms with Gasteiger partial charge in [0.2, 0.25) is 11.8 Å². The van der Waals surface area contributed by atoms with Gasteiger partial charge >= 0.3 is 0 Å². The normalized spacial score (nSPS) is 11.7. The predicted molar refractivity (Wildman–Crippen MR) is 112 cm³/mol. The topological polar surface area (TPSA) is 49.4 Å². The fourth-order valence-electron chi connectivity index (χ4n) is 2.95. The van der Waals surface area contributed by atoms with Crippen molar-refractivity contribution in [2.24, 2.45) is 0 Å². The number of halogens is 1. The van der Waals surface area contributed by atoms with Gasteiger partial charge in [-0.05, 0) is 56.5 Å². The van der Waals surface area contributed by atoms with Crippen LogP contribution in [0.1, 0.15) is 36.1 Å². The van der Waals surface area contributed by atoms with E-state index < -0.39 is 6.04 Å². The highest BCUT2D eigenvalue weighted by molar-refractivity contribution is 9.10. The van der Waals surface area contributed by atoms with Gasteiger partial charge in [0.15, 0.2) is 0 Å². The molecule has 0 aromatic heterocycles. The fraction of sp³-hybridized carbons (Fsp3) is 0.364. The summed E-state index contributed by atoms with van der Waals surface area (Å²) < 4.78 is 0.983. The van der Waals surface area contributed by atoms with Crippen LogP contribution in [0.5, 0.6) is 0 Å². The van der Waals surface area contributed by atoms with Crippen molar-refractivity contribution in [2.75, 3.05) is 6.54 Å². The second kappa shape index (κ2) is 9.70. The number of hydrogen-bond donors (Lipinski definition) is 1. The Balaban J connectivity index is 2.26. The van der Waals surface area contributed by atoms with Crippen molar-refractivity contribution >= 4 is 27.7 Å². The number of carbonyl (C=O) groups is 2. The highest BCUT2D eigenvalue weighted by Crippen LogP contribution is 2.17. The van der Waals surface area contributed by atoms with Crippen molar-refractivity contribution in [3.63, 3.8) is 0 Å². The molecule has 0 saturated carbocycles. The van der Waals surface area contributed by atoms with E-state index in [0.717, 1.165) is 26.7 Å². The van der Waals surface area contributed by atoms with Crippen molar-refractivity contribution in [1.82, 2.24) is 10.2 Å². The molecule has 0 fully saturated rings. The molecule has 1 N–H and O–H groups in total. The van der Waals surface area contributed by atoms with Crippen LogP contribution in [0.15, 0.2) is 46.9 Å². The van der Waals surface area contributed by atoms with Gasteiger partial charge in [0.05, 0.1) is 6.42 Å². The van der Waals surface area contributed by atoms with Gasteiger partial charge in [-0.1, -0.05) is 51.8 Å². The lowest BCUT2D eigenvalue weighted by Crippen LogP contribution is -2.48. The summed E-state index contributed by atoms with van der Waals surface area (Å²) in [6.07, 6.45) is 0.286. The minimum absolute atomic E-state index is 0.0506. The Morgan fingerprint density at radius 1 is 1.11 bits per heavy atom. The molecule has 4 nitrogen and oxygen atoms in total. The highest BCUT2D eigenvalue weighted by atomic mass is 79.9. The van der Waals surface area contributed by atoms with E-state index in [4.69, 9.17) is 0 Å². The van der Waals surface area contributed by atoms with Crippen LogP contribution in [0.4, 0.5) is 0 Å². The monoisotopic (exact) mass is 430 g/mol. The number of nitrogens with one attached hydrogen (secondary N) is 1. The molecule has 5 heteroatoms. The van der Waals surface area contributed by atoms with Crippen molar-refractivity contribution in [3.05, 3.63) is 69.2 Å². The van der Waals surface area contributed by atoms with E-state index >= 15 is 0 Å². The molecule has 27 heavy (non-hydrogen) atoms. The smallest absolute Gasteiger partial charge is 0.242 e. The first-order valence-electron chi connectivity index (χ1n) is 9.19. The van der Waals surface area contributed by atoms with E-state index in [1.165, 1.54) is 0 Å². The molecule has 2 amide bonds. The molecule has 2 aromatic rings. The molecule has 0 bridgehead atoms. The van der Waals surface area contributed by atoms with Crippen LogP contribution in [0.25, 0.3) is 0 Å². The fourth-order valence-corrected chi connectivity index (χ4v) is 3.21. The van der Waals surface area contributed by atoms with Crippen molar-refractivity contribution in [2.45, 2.75) is 46.7 Å². The van der Waals surface area contributed by atoms with E-state index in [-0.39, 0.29) is 18.2 Å². The Bertz CT molecular complexity index is 802. The van der Waals surface area contributed by atoms with Crippen LogP contribution in [0.2, 0.25) is 0 Å². The van der Waals surface area contributed by atoms with Gasteiger partial charge in [0.25, 0.3) is 0 Å². The lowest BCUT2D eigenvalue weighted by atomic mass is 10.0. The van der Waals surface area contributed by atoms with Crippen molar-refractivity contribution in [3.8, 4) is 0 Å². The summed E-state index contributed by atoms with van der Waals surface area (Å²) in [5.41, 5.74) is 4.20. The Hall–Kier alpha value is -2.14. The van der Waals surface area contributed by atoms with Gasteiger partial charge in [-0.3, -0.25) is 9.59 Å². The minimum Gasteiger partial charge on any atom is -0.355 e. The van der Waals surface area contributed by atoms with Crippen LogP contribution >= 0.6 is 15.9 Å². The minimum atomic E-state index is -0.536. The Morgan fingerprint density at radius 2 is 1.78 bits per heavy atom. The van der Waals surface area contributed by atoms with Crippen molar-refractivity contribution in [1.29, 1.82) is 0 Å². The quantitative estimate of drug-likeness (QED) is 0.716. The molecular formula is C22H27BrN2O2. The molecule has 0 saturated heterocycles. The molecule has 0 aliphatic carbocycles. The van der Waals surface area contributed by atoms with E-state index in [0.29, 0.717) is 13.1 Å². The Kier molecular flexibility index (Phi) is 7.60. The van der Waals surface area contributed by atoms with Gasteiger partial charge in [-0.15, -0.1) is 0 Å². The largest absolute Gasteiger partial charge is 0.355 e. The lowest BCUT2D eigenvalue weighted by Gasteiger charge is -2.29. The number of carbonyl (C=O) groups excluding carboxylic acids is 2. The second-order valence-corrected chi connectivity index (χ2v) is 7.74. The summed E-state index contributed by atoms with van der Waals surface area (Å²) >= 11 is 3.43. The first-order chi connectivity index (χ1) is 12.8. The molecule has 144 valence electrons. The third kappa shape index (κ3) is 5.93. The number of amides is 2. The second-order valence-electron chi connectivity index (χ2n) is 6.83. The molecule has 0 aliphatic rings. The number of benzene rings is 2. The van der Waals surface area contributed by atoms with E-state index in [9.17, 15) is 9.59 Å². The molecule has 0 heterocycles. The molecule has 1 atom stereocenters. The SMILES string of the molecule is CCNC(=O)C(C)N(Cc1ccc(Br)cc1)C(=O)Cc1cc(C)ccc1C. The number of rotatable bonds is 7. The summed E-state index contributed by atoms with van der Waals surface area (Å²) in [4.78, 5) is 27.2. The average molecular weight is 431 g/mol. The molecule has 2 rings (SSSR count). The van der Waals surface area contributed by atoms with Crippen LogP contribution < -0.4 is 5.32 Å². The standard InChI is InChI=1S/C22H27BrN2O2/c1-5-24-22(27)17(4)25(14-18-8-10-20(23)11-9-18)21(26)13-19-12-15(2)6-7-16(19)3/h6-12,17H,5,13-14H2,1-4H3,(H,24,27). The summed E-state index contributed by atoms with van der Waals surface area (Å²) in [5, 5.41) is 2.82. The van der Waals surface area contributed by atoms with Crippen LogP contribution in [0, 0.1) is 13.8 Å². The molecule has 0 spiro atoms. The zero-order chi connectivity index (χ0) is 20.0. The highest BCUT2D eigenvalue weighted by Gasteiger charge is 2.26. The van der Waals surface area contributed by atoms with Crippen LogP contribution in [-0.4, -0.2) is 29.3 Å². The summed E-state index contributed by atoms with van der Waals surface area (Å²) in [6.45, 7) is 8.63. The van der Waals surface area contributed by atoms with E-state index in [2.05, 4.69) is 21.2 Å². The maximum absolute atomic E-state index is 13.1. The average Bonchev–Trinajstić information content (AvgIpc) is 2.63. The van der Waals surface area contributed by atoms with Crippen molar-refractivity contribution < 1.29 is 9.59 Å². The van der Waals surface area contributed by atoms with Crippen LogP contribution in [0.3, 0.4) is 0 Å². The number of hydrogen-bond acceptors (Lipinski definition) is 2. The Morgan fingerprint density at radius 3 is 2.41 bits per heavy atom. The van der Waals surface area contributed by atoms with Crippen LogP contribution in [-0.2, 0) is 22.6 Å². The first-order valence-corrected chi connectivity index (χ1v) is 9.99. The number of nitrogens with zero attached hydrogens (tertiary/aromatic N) is 1. The predicted octanol–water partition coefficient (Wildman–Crippen LogP) is 4.16.